The highest BCUT2D eigenvalue weighted by atomic mass is 16.5. The molecule has 20 heavy (non-hydrogen) atoms. The summed E-state index contributed by atoms with van der Waals surface area (Å²) in [7, 11) is 0. The number of carbonyl (C=O) groups excluding carboxylic acids is 1. The van der Waals surface area contributed by atoms with Crippen molar-refractivity contribution in [2.24, 2.45) is 0 Å². The number of hydrogen-bond donors (Lipinski definition) is 0. The van der Waals surface area contributed by atoms with E-state index in [0.717, 1.165) is 25.2 Å². The number of hydrogen-bond acceptors (Lipinski definition) is 5. The average Bonchev–Trinajstić information content (AvgIpc) is 2.85. The molecule has 3 heterocycles. The summed E-state index contributed by atoms with van der Waals surface area (Å²) in [4.78, 5) is 17.9. The van der Waals surface area contributed by atoms with Crippen LogP contribution in [-0.2, 0) is 4.74 Å². The third-order valence-corrected chi connectivity index (χ3v) is 3.38. The number of rotatable bonds is 3. The third kappa shape index (κ3) is 2.18. The van der Waals surface area contributed by atoms with Crippen LogP contribution in [0.5, 0.6) is 0 Å². The van der Waals surface area contributed by atoms with E-state index in [1.165, 1.54) is 0 Å². The highest BCUT2D eigenvalue weighted by Crippen LogP contribution is 2.25. The van der Waals surface area contributed by atoms with Gasteiger partial charge in [0.15, 0.2) is 12.1 Å². The van der Waals surface area contributed by atoms with Crippen molar-refractivity contribution >= 4 is 12.1 Å². The first kappa shape index (κ1) is 12.8. The summed E-state index contributed by atoms with van der Waals surface area (Å²) in [6.07, 6.45) is 2.59. The maximum atomic E-state index is 11.4. The molecule has 0 atom stereocenters. The molecule has 0 radical (unpaired) electrons. The molecular formula is C14H16N4O2. The molecule has 3 rings (SSSR count). The maximum Gasteiger partial charge on any atom is 0.155 e. The Kier molecular flexibility index (Phi) is 3.47. The molecule has 0 aliphatic carbocycles. The van der Waals surface area contributed by atoms with Crippen molar-refractivity contribution in [3.05, 3.63) is 35.7 Å². The second kappa shape index (κ2) is 5.42. The summed E-state index contributed by atoms with van der Waals surface area (Å²) in [5.74, 6) is 1.52. The van der Waals surface area contributed by atoms with Gasteiger partial charge in [-0.2, -0.15) is 9.78 Å². The van der Waals surface area contributed by atoms with Crippen LogP contribution < -0.4 is 4.90 Å². The van der Waals surface area contributed by atoms with Crippen molar-refractivity contribution in [3.8, 4) is 5.82 Å². The smallest absolute Gasteiger partial charge is 0.155 e. The Morgan fingerprint density at radius 3 is 2.75 bits per heavy atom. The predicted octanol–water partition coefficient (Wildman–Crippen LogP) is 1.22. The summed E-state index contributed by atoms with van der Waals surface area (Å²) in [6, 6.07) is 5.64. The Morgan fingerprint density at radius 1 is 1.30 bits per heavy atom. The quantitative estimate of drug-likeness (QED) is 0.786. The number of aldehydes is 1. The van der Waals surface area contributed by atoms with Gasteiger partial charge in [-0.05, 0) is 19.1 Å². The predicted molar refractivity (Wildman–Crippen MR) is 74.5 cm³/mol. The number of nitrogens with zero attached hydrogens (tertiary/aromatic N) is 4. The van der Waals surface area contributed by atoms with Crippen molar-refractivity contribution in [3.63, 3.8) is 0 Å². The molecule has 6 nitrogen and oxygen atoms in total. The first-order valence-electron chi connectivity index (χ1n) is 6.60. The van der Waals surface area contributed by atoms with Gasteiger partial charge in [-0.25, -0.2) is 4.98 Å². The van der Waals surface area contributed by atoms with Crippen LogP contribution in [0.4, 0.5) is 5.82 Å². The number of ether oxygens (including phenoxy) is 1. The minimum Gasteiger partial charge on any atom is -0.378 e. The lowest BCUT2D eigenvalue weighted by molar-refractivity contribution is 0.111. The van der Waals surface area contributed by atoms with Crippen LogP contribution in [0.2, 0.25) is 0 Å². The van der Waals surface area contributed by atoms with Crippen LogP contribution in [0.1, 0.15) is 16.1 Å². The number of carbonyl (C=O) groups is 1. The van der Waals surface area contributed by atoms with Gasteiger partial charge < -0.3 is 9.64 Å². The maximum absolute atomic E-state index is 11.4. The van der Waals surface area contributed by atoms with Crippen molar-refractivity contribution in [1.82, 2.24) is 14.8 Å². The van der Waals surface area contributed by atoms with E-state index >= 15 is 0 Å². The third-order valence-electron chi connectivity index (χ3n) is 3.38. The van der Waals surface area contributed by atoms with Crippen molar-refractivity contribution < 1.29 is 9.53 Å². The number of morpholine rings is 1. The zero-order chi connectivity index (χ0) is 13.9. The number of pyridine rings is 1. The molecule has 2 aromatic heterocycles. The number of anilines is 1. The van der Waals surface area contributed by atoms with Gasteiger partial charge in [0.2, 0.25) is 0 Å². The molecule has 1 aliphatic rings. The van der Waals surface area contributed by atoms with E-state index in [4.69, 9.17) is 4.74 Å². The molecular weight excluding hydrogens is 256 g/mol. The minimum absolute atomic E-state index is 0.623. The van der Waals surface area contributed by atoms with Gasteiger partial charge in [0, 0.05) is 19.3 Å². The van der Waals surface area contributed by atoms with Gasteiger partial charge in [-0.1, -0.05) is 6.07 Å². The molecule has 0 bridgehead atoms. The Balaban J connectivity index is 2.12. The standard InChI is InChI=1S/C14H16N4O2/c1-11-12(10-19)14(17-6-8-20-9-7-17)18(16-11)13-4-2-3-5-15-13/h2-5,10H,6-9H2,1H3. The molecule has 1 aliphatic heterocycles. The molecule has 2 aromatic rings. The topological polar surface area (TPSA) is 60.3 Å². The minimum atomic E-state index is 0.623. The van der Waals surface area contributed by atoms with E-state index in [-0.39, 0.29) is 0 Å². The molecule has 1 fully saturated rings. The molecule has 0 spiro atoms. The van der Waals surface area contributed by atoms with E-state index in [2.05, 4.69) is 15.0 Å². The average molecular weight is 272 g/mol. The van der Waals surface area contributed by atoms with Crippen LogP contribution in [0, 0.1) is 6.92 Å². The number of aromatic nitrogens is 3. The Hall–Kier alpha value is -2.21. The van der Waals surface area contributed by atoms with Gasteiger partial charge in [0.25, 0.3) is 0 Å². The molecule has 0 N–H and O–H groups in total. The second-order valence-corrected chi connectivity index (χ2v) is 4.64. The largest absolute Gasteiger partial charge is 0.378 e. The Bertz CT molecular complexity index is 603. The lowest BCUT2D eigenvalue weighted by Gasteiger charge is -2.29. The molecule has 1 saturated heterocycles. The van der Waals surface area contributed by atoms with Gasteiger partial charge in [0.05, 0.1) is 24.5 Å². The first-order chi connectivity index (χ1) is 9.81. The van der Waals surface area contributed by atoms with E-state index in [0.29, 0.717) is 30.3 Å². The fraction of sp³-hybridized carbons (Fsp3) is 0.357. The molecule has 0 aromatic carbocycles. The molecule has 0 unspecified atom stereocenters. The van der Waals surface area contributed by atoms with E-state index < -0.39 is 0 Å². The van der Waals surface area contributed by atoms with Crippen molar-refractivity contribution in [2.75, 3.05) is 31.2 Å². The second-order valence-electron chi connectivity index (χ2n) is 4.64. The van der Waals surface area contributed by atoms with E-state index in [9.17, 15) is 4.79 Å². The summed E-state index contributed by atoms with van der Waals surface area (Å²) in [6.45, 7) is 4.65. The van der Waals surface area contributed by atoms with Crippen LogP contribution in [0.25, 0.3) is 5.82 Å². The molecule has 104 valence electrons. The monoisotopic (exact) mass is 272 g/mol. The first-order valence-corrected chi connectivity index (χ1v) is 6.60. The lowest BCUT2D eigenvalue weighted by Crippen LogP contribution is -2.38. The number of aryl methyl sites for hydroxylation is 1. The fourth-order valence-electron chi connectivity index (χ4n) is 2.38. The van der Waals surface area contributed by atoms with Gasteiger partial charge in [-0.15, -0.1) is 0 Å². The highest BCUT2D eigenvalue weighted by Gasteiger charge is 2.23. The van der Waals surface area contributed by atoms with Crippen LogP contribution in [0.3, 0.4) is 0 Å². The van der Waals surface area contributed by atoms with Crippen molar-refractivity contribution in [2.45, 2.75) is 6.92 Å². The summed E-state index contributed by atoms with van der Waals surface area (Å²) in [5.41, 5.74) is 1.34. The Labute approximate surface area is 117 Å². The zero-order valence-electron chi connectivity index (χ0n) is 11.3. The zero-order valence-corrected chi connectivity index (χ0v) is 11.3. The van der Waals surface area contributed by atoms with Gasteiger partial charge >= 0.3 is 0 Å². The SMILES string of the molecule is Cc1nn(-c2ccccn2)c(N2CCOCC2)c1C=O. The van der Waals surface area contributed by atoms with E-state index in [1.54, 1.807) is 10.9 Å². The van der Waals surface area contributed by atoms with Crippen LogP contribution >= 0.6 is 0 Å². The summed E-state index contributed by atoms with van der Waals surface area (Å²) >= 11 is 0. The normalized spacial score (nSPS) is 15.3. The lowest BCUT2D eigenvalue weighted by atomic mass is 10.2. The van der Waals surface area contributed by atoms with Gasteiger partial charge in [-0.3, -0.25) is 4.79 Å². The van der Waals surface area contributed by atoms with Gasteiger partial charge in [0.1, 0.15) is 5.82 Å². The van der Waals surface area contributed by atoms with Crippen LogP contribution in [-0.4, -0.2) is 47.4 Å². The van der Waals surface area contributed by atoms with Crippen molar-refractivity contribution in [1.29, 1.82) is 0 Å². The Morgan fingerprint density at radius 2 is 2.10 bits per heavy atom. The fourth-order valence-corrected chi connectivity index (χ4v) is 2.38. The molecule has 0 saturated carbocycles. The summed E-state index contributed by atoms with van der Waals surface area (Å²) in [5, 5.41) is 4.47. The van der Waals surface area contributed by atoms with Crippen LogP contribution in [0.15, 0.2) is 24.4 Å². The van der Waals surface area contributed by atoms with E-state index in [1.807, 2.05) is 25.1 Å². The molecule has 6 heteroatoms. The molecule has 0 amide bonds. The highest BCUT2D eigenvalue weighted by molar-refractivity contribution is 5.85. The summed E-state index contributed by atoms with van der Waals surface area (Å²) < 4.78 is 7.11.